The summed E-state index contributed by atoms with van der Waals surface area (Å²) < 4.78 is 10.3. The lowest BCUT2D eigenvalue weighted by atomic mass is 10.1. The number of nitrogens with zero attached hydrogens (tertiary/aromatic N) is 2. The summed E-state index contributed by atoms with van der Waals surface area (Å²) in [6.07, 6.45) is 0.542. The van der Waals surface area contributed by atoms with Gasteiger partial charge in [-0.15, -0.1) is 0 Å². The van der Waals surface area contributed by atoms with Crippen molar-refractivity contribution in [2.24, 2.45) is 5.73 Å². The largest absolute Gasteiger partial charge is 0.370 e. The average molecular weight is 268 g/mol. The van der Waals surface area contributed by atoms with Crippen molar-refractivity contribution in [1.29, 1.82) is 0 Å². The van der Waals surface area contributed by atoms with E-state index < -0.39 is 0 Å². The molecule has 0 spiro atoms. The zero-order chi connectivity index (χ0) is 12.8. The predicted octanol–water partition coefficient (Wildman–Crippen LogP) is 1.79. The maximum atomic E-state index is 6.06. The lowest BCUT2D eigenvalue weighted by Crippen LogP contribution is -2.08. The summed E-state index contributed by atoms with van der Waals surface area (Å²) in [7, 11) is 0. The van der Waals surface area contributed by atoms with E-state index in [0.717, 1.165) is 5.56 Å². The Hall–Kier alpha value is -1.43. The van der Waals surface area contributed by atoms with Crippen LogP contribution >= 0.6 is 11.6 Å². The van der Waals surface area contributed by atoms with Gasteiger partial charge in [0.1, 0.15) is 6.61 Å². The van der Waals surface area contributed by atoms with E-state index in [4.69, 9.17) is 26.6 Å². The van der Waals surface area contributed by atoms with E-state index in [1.54, 1.807) is 0 Å². The molecule has 0 saturated carbocycles. The maximum absolute atomic E-state index is 6.06. The van der Waals surface area contributed by atoms with Crippen molar-refractivity contribution in [2.75, 3.05) is 13.2 Å². The molecule has 0 fully saturated rings. The topological polar surface area (TPSA) is 74.2 Å². The highest BCUT2D eigenvalue weighted by Crippen LogP contribution is 2.17. The van der Waals surface area contributed by atoms with Gasteiger partial charge in [-0.3, -0.25) is 0 Å². The summed E-state index contributed by atoms with van der Waals surface area (Å²) in [5.41, 5.74) is 6.28. The first-order valence-electron chi connectivity index (χ1n) is 5.62. The Morgan fingerprint density at radius 3 is 2.94 bits per heavy atom. The van der Waals surface area contributed by atoms with Gasteiger partial charge >= 0.3 is 0 Å². The first-order chi connectivity index (χ1) is 8.79. The normalized spacial score (nSPS) is 10.8. The lowest BCUT2D eigenvalue weighted by Gasteiger charge is -1.99. The summed E-state index contributed by atoms with van der Waals surface area (Å²) >= 11 is 6.06. The van der Waals surface area contributed by atoms with Gasteiger partial charge in [-0.05, 0) is 11.6 Å². The standard InChI is InChI=1S/C12H14ClN3O2/c13-10-4-2-1-3-9(10)7-11-15-12(18-16-11)8-17-6-5-14/h1-4H,5-8,14H2. The van der Waals surface area contributed by atoms with Crippen LogP contribution in [0.4, 0.5) is 0 Å². The molecule has 0 aliphatic rings. The Balaban J connectivity index is 1.96. The van der Waals surface area contributed by atoms with Gasteiger partial charge < -0.3 is 15.0 Å². The Bertz CT molecular complexity index is 502. The summed E-state index contributed by atoms with van der Waals surface area (Å²) in [5, 5.41) is 4.57. The SMILES string of the molecule is NCCOCc1nc(Cc2ccccc2Cl)no1. The third-order valence-corrected chi connectivity index (χ3v) is 2.67. The van der Waals surface area contributed by atoms with E-state index in [2.05, 4.69) is 10.1 Å². The Morgan fingerprint density at radius 1 is 1.33 bits per heavy atom. The molecule has 96 valence electrons. The molecule has 0 bridgehead atoms. The molecular weight excluding hydrogens is 254 g/mol. The second-order valence-electron chi connectivity index (χ2n) is 3.71. The van der Waals surface area contributed by atoms with E-state index in [1.807, 2.05) is 24.3 Å². The lowest BCUT2D eigenvalue weighted by molar-refractivity contribution is 0.104. The van der Waals surface area contributed by atoms with Crippen LogP contribution in [0.2, 0.25) is 5.02 Å². The third-order valence-electron chi connectivity index (χ3n) is 2.30. The summed E-state index contributed by atoms with van der Waals surface area (Å²) in [4.78, 5) is 4.22. The van der Waals surface area contributed by atoms with Gasteiger partial charge in [0, 0.05) is 18.0 Å². The molecule has 18 heavy (non-hydrogen) atoms. The molecule has 2 rings (SSSR count). The number of benzene rings is 1. The van der Waals surface area contributed by atoms with Gasteiger partial charge in [0.15, 0.2) is 5.82 Å². The minimum absolute atomic E-state index is 0.284. The molecule has 0 unspecified atom stereocenters. The van der Waals surface area contributed by atoms with Crippen molar-refractivity contribution < 1.29 is 9.26 Å². The number of halogens is 1. The van der Waals surface area contributed by atoms with Gasteiger partial charge in [0.25, 0.3) is 5.89 Å². The van der Waals surface area contributed by atoms with Crippen molar-refractivity contribution in [1.82, 2.24) is 10.1 Å². The average Bonchev–Trinajstić information content (AvgIpc) is 2.80. The summed E-state index contributed by atoms with van der Waals surface area (Å²) in [6.45, 7) is 1.23. The number of hydrogen-bond donors (Lipinski definition) is 1. The van der Waals surface area contributed by atoms with Gasteiger partial charge in [-0.25, -0.2) is 0 Å². The number of nitrogens with two attached hydrogens (primary N) is 1. The summed E-state index contributed by atoms with van der Waals surface area (Å²) in [5.74, 6) is 1.04. The molecule has 2 aromatic rings. The molecular formula is C12H14ClN3O2. The van der Waals surface area contributed by atoms with Crippen LogP contribution in [0.25, 0.3) is 0 Å². The minimum Gasteiger partial charge on any atom is -0.370 e. The van der Waals surface area contributed by atoms with Crippen LogP contribution in [0, 0.1) is 0 Å². The van der Waals surface area contributed by atoms with Gasteiger partial charge in [-0.1, -0.05) is 35.0 Å². The Morgan fingerprint density at radius 2 is 2.17 bits per heavy atom. The van der Waals surface area contributed by atoms with Crippen LogP contribution in [-0.2, 0) is 17.8 Å². The molecule has 0 aliphatic carbocycles. The molecule has 1 aromatic heterocycles. The zero-order valence-corrected chi connectivity index (χ0v) is 10.6. The fourth-order valence-electron chi connectivity index (χ4n) is 1.48. The highest BCUT2D eigenvalue weighted by molar-refractivity contribution is 6.31. The number of aromatic nitrogens is 2. The molecule has 0 radical (unpaired) electrons. The Kier molecular flexibility index (Phi) is 4.69. The molecule has 5 nitrogen and oxygen atoms in total. The van der Waals surface area contributed by atoms with E-state index in [0.29, 0.717) is 36.3 Å². The monoisotopic (exact) mass is 267 g/mol. The molecule has 0 saturated heterocycles. The molecule has 0 aliphatic heterocycles. The zero-order valence-electron chi connectivity index (χ0n) is 9.80. The molecule has 0 atom stereocenters. The predicted molar refractivity (Wildman–Crippen MR) is 67.3 cm³/mol. The molecule has 0 amide bonds. The third kappa shape index (κ3) is 3.53. The molecule has 1 aromatic carbocycles. The fourth-order valence-corrected chi connectivity index (χ4v) is 1.68. The van der Waals surface area contributed by atoms with E-state index >= 15 is 0 Å². The Labute approximate surface area is 110 Å². The molecule has 6 heteroatoms. The van der Waals surface area contributed by atoms with Crippen molar-refractivity contribution in [3.8, 4) is 0 Å². The second-order valence-corrected chi connectivity index (χ2v) is 4.12. The first kappa shape index (κ1) is 13.0. The van der Waals surface area contributed by atoms with Crippen LogP contribution in [-0.4, -0.2) is 23.3 Å². The van der Waals surface area contributed by atoms with Gasteiger partial charge in [0.05, 0.1) is 6.61 Å². The van der Waals surface area contributed by atoms with Crippen molar-refractivity contribution in [3.63, 3.8) is 0 Å². The van der Waals surface area contributed by atoms with Gasteiger partial charge in [-0.2, -0.15) is 4.98 Å². The van der Waals surface area contributed by atoms with E-state index in [1.165, 1.54) is 0 Å². The maximum Gasteiger partial charge on any atom is 0.252 e. The second kappa shape index (κ2) is 6.49. The highest BCUT2D eigenvalue weighted by Gasteiger charge is 2.08. The summed E-state index contributed by atoms with van der Waals surface area (Å²) in [6, 6.07) is 7.58. The van der Waals surface area contributed by atoms with Crippen molar-refractivity contribution in [3.05, 3.63) is 46.6 Å². The minimum atomic E-state index is 0.284. The fraction of sp³-hybridized carbons (Fsp3) is 0.333. The number of hydrogen-bond acceptors (Lipinski definition) is 5. The van der Waals surface area contributed by atoms with Crippen LogP contribution in [0.5, 0.6) is 0 Å². The highest BCUT2D eigenvalue weighted by atomic mass is 35.5. The van der Waals surface area contributed by atoms with Crippen LogP contribution in [0.1, 0.15) is 17.3 Å². The quantitative estimate of drug-likeness (QED) is 0.808. The van der Waals surface area contributed by atoms with Crippen molar-refractivity contribution in [2.45, 2.75) is 13.0 Å². The van der Waals surface area contributed by atoms with Gasteiger partial charge in [0.2, 0.25) is 0 Å². The van der Waals surface area contributed by atoms with Crippen LogP contribution < -0.4 is 5.73 Å². The van der Waals surface area contributed by atoms with Crippen LogP contribution in [0.15, 0.2) is 28.8 Å². The van der Waals surface area contributed by atoms with Crippen LogP contribution in [0.3, 0.4) is 0 Å². The molecule has 2 N–H and O–H groups in total. The first-order valence-corrected chi connectivity index (χ1v) is 6.00. The molecule has 1 heterocycles. The van der Waals surface area contributed by atoms with E-state index in [9.17, 15) is 0 Å². The number of rotatable bonds is 6. The van der Waals surface area contributed by atoms with Crippen molar-refractivity contribution >= 4 is 11.6 Å². The number of ether oxygens (including phenoxy) is 1. The smallest absolute Gasteiger partial charge is 0.252 e. The van der Waals surface area contributed by atoms with E-state index in [-0.39, 0.29) is 6.61 Å².